The molecule has 2 nitrogen and oxygen atoms in total. The Morgan fingerprint density at radius 2 is 1.83 bits per heavy atom. The summed E-state index contributed by atoms with van der Waals surface area (Å²) in [4.78, 5) is 0. The molecule has 0 unspecified atom stereocenters. The highest BCUT2D eigenvalue weighted by Gasteiger charge is 2.34. The maximum atomic E-state index is 10.2. The first-order valence-electron chi connectivity index (χ1n) is 6.31. The van der Waals surface area contributed by atoms with Gasteiger partial charge < -0.3 is 10.8 Å². The number of fused-ring (bicyclic) bond motifs is 1. The highest BCUT2D eigenvalue weighted by molar-refractivity contribution is 6.31. The van der Waals surface area contributed by atoms with Crippen molar-refractivity contribution in [3.8, 4) is 5.75 Å². The number of nitrogens with two attached hydrogens (primary N) is 1. The second-order valence-electron chi connectivity index (χ2n) is 5.19. The van der Waals surface area contributed by atoms with Crippen LogP contribution < -0.4 is 5.73 Å². The van der Waals surface area contributed by atoms with Crippen molar-refractivity contribution < 1.29 is 5.11 Å². The van der Waals surface area contributed by atoms with Crippen LogP contribution in [0.4, 0.5) is 0 Å². The molecule has 1 saturated carbocycles. The second kappa shape index (κ2) is 4.15. The van der Waals surface area contributed by atoms with E-state index >= 15 is 0 Å². The maximum Gasteiger partial charge on any atom is 0.121 e. The first kappa shape index (κ1) is 11.8. The fraction of sp³-hybridized carbons (Fsp3) is 0.333. The minimum Gasteiger partial charge on any atom is -0.508 e. The molecule has 0 bridgehead atoms. The molecule has 3 N–H and O–H groups in total. The van der Waals surface area contributed by atoms with Gasteiger partial charge in [0.25, 0.3) is 0 Å². The number of hydrogen-bond acceptors (Lipinski definition) is 2. The van der Waals surface area contributed by atoms with E-state index < -0.39 is 5.54 Å². The fourth-order valence-corrected chi connectivity index (χ4v) is 3.25. The summed E-state index contributed by atoms with van der Waals surface area (Å²) in [7, 11) is 0. The average molecular weight is 262 g/mol. The molecule has 1 aliphatic carbocycles. The van der Waals surface area contributed by atoms with Crippen molar-refractivity contribution in [1.29, 1.82) is 0 Å². The van der Waals surface area contributed by atoms with Gasteiger partial charge in [-0.05, 0) is 41.8 Å². The number of aromatic hydroxyl groups is 1. The van der Waals surface area contributed by atoms with Crippen LogP contribution in [0.5, 0.6) is 5.75 Å². The molecule has 0 aliphatic heterocycles. The smallest absolute Gasteiger partial charge is 0.121 e. The van der Waals surface area contributed by atoms with Gasteiger partial charge >= 0.3 is 0 Å². The van der Waals surface area contributed by atoms with Gasteiger partial charge in [-0.1, -0.05) is 36.6 Å². The number of benzene rings is 2. The fourth-order valence-electron chi connectivity index (χ4n) is 3.07. The van der Waals surface area contributed by atoms with Crippen LogP contribution in [0.15, 0.2) is 30.3 Å². The van der Waals surface area contributed by atoms with Crippen molar-refractivity contribution in [2.45, 2.75) is 31.2 Å². The zero-order chi connectivity index (χ0) is 12.8. The lowest BCUT2D eigenvalue weighted by Crippen LogP contribution is -2.33. The number of phenols is 1. The second-order valence-corrected chi connectivity index (χ2v) is 5.62. The topological polar surface area (TPSA) is 46.2 Å². The summed E-state index contributed by atoms with van der Waals surface area (Å²) in [5.41, 5.74) is 6.98. The first-order valence-corrected chi connectivity index (χ1v) is 6.69. The van der Waals surface area contributed by atoms with E-state index in [0.717, 1.165) is 42.0 Å². The Morgan fingerprint density at radius 3 is 2.56 bits per heavy atom. The molecule has 0 saturated heterocycles. The van der Waals surface area contributed by atoms with Crippen molar-refractivity contribution in [1.82, 2.24) is 0 Å². The zero-order valence-electron chi connectivity index (χ0n) is 10.1. The number of hydrogen-bond donors (Lipinski definition) is 2. The lowest BCUT2D eigenvalue weighted by molar-refractivity contribution is 0.413. The van der Waals surface area contributed by atoms with Crippen molar-refractivity contribution in [2.75, 3.05) is 0 Å². The van der Waals surface area contributed by atoms with E-state index in [1.54, 1.807) is 6.07 Å². The van der Waals surface area contributed by atoms with Gasteiger partial charge in [0.1, 0.15) is 5.75 Å². The Morgan fingerprint density at radius 1 is 1.11 bits per heavy atom. The van der Waals surface area contributed by atoms with Crippen LogP contribution >= 0.6 is 11.6 Å². The summed E-state index contributed by atoms with van der Waals surface area (Å²) in [6, 6.07) is 9.34. The van der Waals surface area contributed by atoms with Crippen LogP contribution in [-0.4, -0.2) is 5.11 Å². The van der Waals surface area contributed by atoms with Crippen LogP contribution in [0.25, 0.3) is 10.8 Å². The SMILES string of the molecule is NC1(c2c(O)ccc3cc(Cl)ccc23)CCCC1. The van der Waals surface area contributed by atoms with Crippen LogP contribution in [0, 0.1) is 0 Å². The molecular formula is C15H16ClNO. The molecule has 2 aromatic rings. The molecule has 3 rings (SSSR count). The molecule has 0 spiro atoms. The molecule has 1 aliphatic rings. The Bertz CT molecular complexity index is 603. The Balaban J connectivity index is 2.29. The summed E-state index contributed by atoms with van der Waals surface area (Å²) < 4.78 is 0. The molecular weight excluding hydrogens is 246 g/mol. The van der Waals surface area contributed by atoms with Crippen molar-refractivity contribution >= 4 is 22.4 Å². The van der Waals surface area contributed by atoms with E-state index in [1.165, 1.54) is 0 Å². The number of phenolic OH excluding ortho intramolecular Hbond substituents is 1. The van der Waals surface area contributed by atoms with Crippen LogP contribution in [0.1, 0.15) is 31.2 Å². The van der Waals surface area contributed by atoms with Gasteiger partial charge in [-0.2, -0.15) is 0 Å². The van der Waals surface area contributed by atoms with E-state index in [4.69, 9.17) is 17.3 Å². The predicted octanol–water partition coefficient (Wildman–Crippen LogP) is 3.93. The van der Waals surface area contributed by atoms with Crippen molar-refractivity contribution in [2.24, 2.45) is 5.73 Å². The monoisotopic (exact) mass is 261 g/mol. The Hall–Kier alpha value is -1.25. The third-order valence-electron chi connectivity index (χ3n) is 3.95. The third kappa shape index (κ3) is 1.76. The zero-order valence-corrected chi connectivity index (χ0v) is 10.9. The van der Waals surface area contributed by atoms with E-state index in [-0.39, 0.29) is 0 Å². The number of halogens is 1. The molecule has 0 aromatic heterocycles. The van der Waals surface area contributed by atoms with Gasteiger partial charge in [-0.25, -0.2) is 0 Å². The van der Waals surface area contributed by atoms with Crippen molar-refractivity contribution in [3.63, 3.8) is 0 Å². The summed E-state index contributed by atoms with van der Waals surface area (Å²) in [6.45, 7) is 0. The van der Waals surface area contributed by atoms with Gasteiger partial charge in [-0.15, -0.1) is 0 Å². The van der Waals surface area contributed by atoms with Crippen molar-refractivity contribution in [3.05, 3.63) is 40.9 Å². The summed E-state index contributed by atoms with van der Waals surface area (Å²) in [6.07, 6.45) is 4.12. The molecule has 0 heterocycles. The summed E-state index contributed by atoms with van der Waals surface area (Å²) in [5, 5.41) is 12.9. The standard InChI is InChI=1S/C15H16ClNO/c16-11-4-5-12-10(9-11)3-6-13(18)14(12)15(17)7-1-2-8-15/h3-6,9,18H,1-2,7-8,17H2. The van der Waals surface area contributed by atoms with E-state index in [9.17, 15) is 5.11 Å². The first-order chi connectivity index (χ1) is 8.60. The largest absolute Gasteiger partial charge is 0.508 e. The normalized spacial score (nSPS) is 18.3. The van der Waals surface area contributed by atoms with Crippen LogP contribution in [0.2, 0.25) is 5.02 Å². The molecule has 18 heavy (non-hydrogen) atoms. The molecule has 94 valence electrons. The molecule has 0 radical (unpaired) electrons. The van der Waals surface area contributed by atoms with Gasteiger partial charge in [0.2, 0.25) is 0 Å². The highest BCUT2D eigenvalue weighted by atomic mass is 35.5. The Labute approximate surface area is 111 Å². The summed E-state index contributed by atoms with van der Waals surface area (Å²) >= 11 is 6.01. The number of rotatable bonds is 1. The molecule has 2 aromatic carbocycles. The minimum absolute atomic E-state index is 0.300. The molecule has 1 fully saturated rings. The van der Waals surface area contributed by atoms with Crippen LogP contribution in [-0.2, 0) is 5.54 Å². The highest BCUT2D eigenvalue weighted by Crippen LogP contribution is 2.44. The van der Waals surface area contributed by atoms with E-state index in [0.29, 0.717) is 10.8 Å². The molecule has 0 amide bonds. The van der Waals surface area contributed by atoms with Gasteiger partial charge in [-0.3, -0.25) is 0 Å². The van der Waals surface area contributed by atoms with E-state index in [2.05, 4.69) is 0 Å². The Kier molecular flexibility index (Phi) is 2.72. The van der Waals surface area contributed by atoms with E-state index in [1.807, 2.05) is 24.3 Å². The predicted molar refractivity (Wildman–Crippen MR) is 75.0 cm³/mol. The molecule has 3 heteroatoms. The van der Waals surface area contributed by atoms with Gasteiger partial charge in [0, 0.05) is 16.1 Å². The van der Waals surface area contributed by atoms with Crippen LogP contribution in [0.3, 0.4) is 0 Å². The van der Waals surface area contributed by atoms with Gasteiger partial charge in [0.05, 0.1) is 0 Å². The lowest BCUT2D eigenvalue weighted by atomic mass is 9.85. The minimum atomic E-state index is -0.391. The summed E-state index contributed by atoms with van der Waals surface area (Å²) in [5.74, 6) is 0.300. The quantitative estimate of drug-likeness (QED) is 0.817. The third-order valence-corrected chi connectivity index (χ3v) is 4.19. The average Bonchev–Trinajstić information content (AvgIpc) is 2.77. The lowest BCUT2D eigenvalue weighted by Gasteiger charge is -2.26. The van der Waals surface area contributed by atoms with Gasteiger partial charge in [0.15, 0.2) is 0 Å². The maximum absolute atomic E-state index is 10.2. The molecule has 0 atom stereocenters.